The van der Waals surface area contributed by atoms with Gasteiger partial charge < -0.3 is 10.1 Å². The van der Waals surface area contributed by atoms with Crippen LogP contribution < -0.4 is 10.1 Å². The Hall–Kier alpha value is -2.07. The van der Waals surface area contributed by atoms with Gasteiger partial charge in [0.1, 0.15) is 18.2 Å². The Kier molecular flexibility index (Phi) is 7.11. The summed E-state index contributed by atoms with van der Waals surface area (Å²) in [6, 6.07) is 20.1. The minimum absolute atomic E-state index is 0.298. The van der Waals surface area contributed by atoms with Crippen molar-refractivity contribution in [3.63, 3.8) is 0 Å². The molecule has 0 aliphatic rings. The van der Waals surface area contributed by atoms with Crippen LogP contribution in [0, 0.1) is 5.82 Å². The molecule has 0 unspecified atom stereocenters. The Balaban J connectivity index is 1.47. The van der Waals surface area contributed by atoms with Crippen LogP contribution in [0.25, 0.3) is 0 Å². The third-order valence-electron chi connectivity index (χ3n) is 4.14. The van der Waals surface area contributed by atoms with E-state index in [0.717, 1.165) is 41.4 Å². The van der Waals surface area contributed by atoms with Gasteiger partial charge >= 0.3 is 0 Å². The van der Waals surface area contributed by atoms with E-state index in [1.807, 2.05) is 48.5 Å². The molecule has 1 N–H and O–H groups in total. The van der Waals surface area contributed by atoms with Crippen LogP contribution in [0.3, 0.4) is 0 Å². The normalized spacial score (nSPS) is 10.8. The van der Waals surface area contributed by atoms with Gasteiger partial charge in [-0.2, -0.15) is 0 Å². The Morgan fingerprint density at radius 2 is 1.70 bits per heavy atom. The first-order valence-electron chi connectivity index (χ1n) is 8.71. The van der Waals surface area contributed by atoms with Crippen molar-refractivity contribution in [3.05, 3.63) is 99.3 Å². The van der Waals surface area contributed by atoms with Crippen LogP contribution >= 0.6 is 23.2 Å². The van der Waals surface area contributed by atoms with E-state index in [-0.39, 0.29) is 5.82 Å². The second-order valence-electron chi connectivity index (χ2n) is 6.23. The van der Waals surface area contributed by atoms with Gasteiger partial charge in [0.15, 0.2) is 0 Å². The third kappa shape index (κ3) is 6.24. The summed E-state index contributed by atoms with van der Waals surface area (Å²) < 4.78 is 18.9. The van der Waals surface area contributed by atoms with Gasteiger partial charge in [-0.05, 0) is 60.5 Å². The summed E-state index contributed by atoms with van der Waals surface area (Å²) in [5, 5.41) is 4.56. The first kappa shape index (κ1) is 19.7. The molecule has 0 amide bonds. The average molecular weight is 404 g/mol. The lowest BCUT2D eigenvalue weighted by Gasteiger charge is -2.10. The maximum Gasteiger partial charge on any atom is 0.124 e. The minimum Gasteiger partial charge on any atom is -0.489 e. The average Bonchev–Trinajstić information content (AvgIpc) is 2.66. The largest absolute Gasteiger partial charge is 0.489 e. The highest BCUT2D eigenvalue weighted by Crippen LogP contribution is 2.20. The summed E-state index contributed by atoms with van der Waals surface area (Å²) in [6.45, 7) is 1.92. The Bertz CT molecular complexity index is 884. The Morgan fingerprint density at radius 3 is 2.48 bits per heavy atom. The van der Waals surface area contributed by atoms with Crippen molar-refractivity contribution >= 4 is 23.2 Å². The van der Waals surface area contributed by atoms with E-state index < -0.39 is 0 Å². The Labute approximate surface area is 168 Å². The standard InChI is InChI=1S/C22H20Cl2FNO/c23-19-7-4-16(5-8-19)10-11-26-14-17-2-1-3-21(12-17)27-15-18-6-9-20(25)13-22(18)24/h1-9,12-13,26H,10-11,14-15H2. The number of nitrogens with one attached hydrogen (secondary N) is 1. The number of halogens is 3. The molecule has 0 radical (unpaired) electrons. The molecule has 3 rings (SSSR count). The zero-order valence-electron chi connectivity index (χ0n) is 14.7. The molecular formula is C22H20Cl2FNO. The van der Waals surface area contributed by atoms with Gasteiger partial charge in [-0.1, -0.05) is 53.5 Å². The van der Waals surface area contributed by atoms with Gasteiger partial charge in [0.2, 0.25) is 0 Å². The van der Waals surface area contributed by atoms with Crippen molar-refractivity contribution < 1.29 is 9.13 Å². The fourth-order valence-electron chi connectivity index (χ4n) is 2.66. The predicted molar refractivity (Wildman–Crippen MR) is 109 cm³/mol. The zero-order chi connectivity index (χ0) is 19.1. The van der Waals surface area contributed by atoms with Crippen molar-refractivity contribution in [3.8, 4) is 5.75 Å². The molecule has 0 atom stereocenters. The van der Waals surface area contributed by atoms with Crippen molar-refractivity contribution in [2.75, 3.05) is 6.54 Å². The fourth-order valence-corrected chi connectivity index (χ4v) is 3.01. The van der Waals surface area contributed by atoms with Gasteiger partial charge in [0.05, 0.1) is 5.02 Å². The molecule has 2 nitrogen and oxygen atoms in total. The molecule has 5 heteroatoms. The molecule has 140 valence electrons. The van der Waals surface area contributed by atoms with Crippen LogP contribution in [0.5, 0.6) is 5.75 Å². The molecule has 3 aromatic rings. The summed E-state index contributed by atoms with van der Waals surface area (Å²) in [4.78, 5) is 0. The topological polar surface area (TPSA) is 21.3 Å². The number of benzene rings is 3. The van der Waals surface area contributed by atoms with Crippen LogP contribution in [0.1, 0.15) is 16.7 Å². The fraction of sp³-hybridized carbons (Fsp3) is 0.182. The summed E-state index contributed by atoms with van der Waals surface area (Å²) >= 11 is 11.9. The van der Waals surface area contributed by atoms with Crippen molar-refractivity contribution in [1.82, 2.24) is 5.32 Å². The minimum atomic E-state index is -0.351. The van der Waals surface area contributed by atoms with Gasteiger partial charge in [-0.3, -0.25) is 0 Å². The number of ether oxygens (including phenoxy) is 1. The van der Waals surface area contributed by atoms with E-state index in [0.29, 0.717) is 11.6 Å². The predicted octanol–water partition coefficient (Wildman–Crippen LogP) is 6.04. The first-order chi connectivity index (χ1) is 13.1. The molecule has 27 heavy (non-hydrogen) atoms. The molecular weight excluding hydrogens is 384 g/mol. The summed E-state index contributed by atoms with van der Waals surface area (Å²) in [6.07, 6.45) is 0.941. The van der Waals surface area contributed by atoms with Gasteiger partial charge in [-0.15, -0.1) is 0 Å². The van der Waals surface area contributed by atoms with E-state index in [1.54, 1.807) is 6.07 Å². The number of rotatable bonds is 8. The summed E-state index contributed by atoms with van der Waals surface area (Å²) in [5.41, 5.74) is 3.14. The monoisotopic (exact) mass is 403 g/mol. The van der Waals surface area contributed by atoms with Crippen LogP contribution in [0.2, 0.25) is 10.0 Å². The van der Waals surface area contributed by atoms with Crippen LogP contribution in [-0.4, -0.2) is 6.54 Å². The van der Waals surface area contributed by atoms with Crippen molar-refractivity contribution in [2.24, 2.45) is 0 Å². The maximum absolute atomic E-state index is 13.1. The van der Waals surface area contributed by atoms with Gasteiger partial charge in [-0.25, -0.2) is 4.39 Å². The van der Waals surface area contributed by atoms with Gasteiger partial charge in [0.25, 0.3) is 0 Å². The number of hydrogen-bond acceptors (Lipinski definition) is 2. The lowest BCUT2D eigenvalue weighted by atomic mass is 10.1. The second kappa shape index (κ2) is 9.75. The van der Waals surface area contributed by atoms with E-state index in [4.69, 9.17) is 27.9 Å². The third-order valence-corrected chi connectivity index (χ3v) is 4.74. The highest BCUT2D eigenvalue weighted by atomic mass is 35.5. The van der Waals surface area contributed by atoms with E-state index in [1.165, 1.54) is 17.7 Å². The Morgan fingerprint density at radius 1 is 0.889 bits per heavy atom. The SMILES string of the molecule is Fc1ccc(COc2cccc(CNCCc3ccc(Cl)cc3)c2)c(Cl)c1. The maximum atomic E-state index is 13.1. The molecule has 0 saturated heterocycles. The highest BCUT2D eigenvalue weighted by molar-refractivity contribution is 6.31. The molecule has 0 aromatic heterocycles. The zero-order valence-corrected chi connectivity index (χ0v) is 16.2. The summed E-state index contributed by atoms with van der Waals surface area (Å²) in [7, 11) is 0. The molecule has 0 fully saturated rings. The van der Waals surface area contributed by atoms with Gasteiger partial charge in [0, 0.05) is 17.1 Å². The molecule has 3 aromatic carbocycles. The molecule has 0 aliphatic heterocycles. The molecule has 0 bridgehead atoms. The molecule has 0 saturated carbocycles. The quantitative estimate of drug-likeness (QED) is 0.462. The van der Waals surface area contributed by atoms with Crippen molar-refractivity contribution in [2.45, 2.75) is 19.6 Å². The smallest absolute Gasteiger partial charge is 0.124 e. The first-order valence-corrected chi connectivity index (χ1v) is 9.46. The van der Waals surface area contributed by atoms with E-state index in [9.17, 15) is 4.39 Å². The van der Waals surface area contributed by atoms with Crippen molar-refractivity contribution in [1.29, 1.82) is 0 Å². The lowest BCUT2D eigenvalue weighted by molar-refractivity contribution is 0.306. The number of hydrogen-bond donors (Lipinski definition) is 1. The highest BCUT2D eigenvalue weighted by Gasteiger charge is 2.04. The van der Waals surface area contributed by atoms with E-state index in [2.05, 4.69) is 5.32 Å². The molecule has 0 spiro atoms. The molecule has 0 heterocycles. The van der Waals surface area contributed by atoms with Crippen LogP contribution in [0.15, 0.2) is 66.7 Å². The van der Waals surface area contributed by atoms with Crippen LogP contribution in [0.4, 0.5) is 4.39 Å². The second-order valence-corrected chi connectivity index (χ2v) is 7.07. The molecule has 0 aliphatic carbocycles. The summed E-state index contributed by atoms with van der Waals surface area (Å²) in [5.74, 6) is 0.405. The lowest BCUT2D eigenvalue weighted by Crippen LogP contribution is -2.16. The van der Waals surface area contributed by atoms with Crippen LogP contribution in [-0.2, 0) is 19.6 Å². The van der Waals surface area contributed by atoms with E-state index >= 15 is 0 Å².